The van der Waals surface area contributed by atoms with Crippen molar-refractivity contribution in [2.45, 2.75) is 32.7 Å². The van der Waals surface area contributed by atoms with Gasteiger partial charge in [-0.05, 0) is 44.9 Å². The van der Waals surface area contributed by atoms with Crippen LogP contribution in [0.5, 0.6) is 0 Å². The second kappa shape index (κ2) is 6.58. The van der Waals surface area contributed by atoms with Crippen LogP contribution >= 0.6 is 11.6 Å². The number of halogens is 1. The van der Waals surface area contributed by atoms with Crippen LogP contribution < -0.4 is 10.6 Å². The lowest BCUT2D eigenvalue weighted by Gasteiger charge is -2.18. The molecule has 0 aliphatic heterocycles. The van der Waals surface area contributed by atoms with E-state index in [0.29, 0.717) is 12.8 Å². The van der Waals surface area contributed by atoms with E-state index in [9.17, 15) is 14.4 Å². The summed E-state index contributed by atoms with van der Waals surface area (Å²) in [6, 6.07) is 4.39. The van der Waals surface area contributed by atoms with Gasteiger partial charge in [-0.25, -0.2) is 4.79 Å². The van der Waals surface area contributed by atoms with Gasteiger partial charge in [0.15, 0.2) is 0 Å². The second-order valence-corrected chi connectivity index (χ2v) is 6.26. The summed E-state index contributed by atoms with van der Waals surface area (Å²) >= 11 is 6.06. The van der Waals surface area contributed by atoms with Gasteiger partial charge >= 0.3 is 5.97 Å². The van der Waals surface area contributed by atoms with Crippen molar-refractivity contribution in [2.24, 2.45) is 5.41 Å². The molecule has 1 aliphatic carbocycles. The van der Waals surface area contributed by atoms with Crippen molar-refractivity contribution in [1.29, 1.82) is 0 Å². The van der Waals surface area contributed by atoms with Gasteiger partial charge in [0.25, 0.3) is 0 Å². The number of ether oxygens (including phenoxy) is 1. The molecule has 2 N–H and O–H groups in total. The van der Waals surface area contributed by atoms with Crippen molar-refractivity contribution in [3.63, 3.8) is 0 Å². The van der Waals surface area contributed by atoms with E-state index in [0.717, 1.165) is 0 Å². The van der Waals surface area contributed by atoms with Crippen LogP contribution in [0.3, 0.4) is 0 Å². The van der Waals surface area contributed by atoms with E-state index < -0.39 is 17.3 Å². The minimum absolute atomic E-state index is 0.0426. The van der Waals surface area contributed by atoms with E-state index in [2.05, 4.69) is 15.4 Å². The zero-order valence-corrected chi connectivity index (χ0v) is 14.0. The molecule has 1 aliphatic rings. The molecule has 6 nitrogen and oxygen atoms in total. The number of anilines is 1. The average Bonchev–Trinajstić information content (AvgIpc) is 3.29. The monoisotopic (exact) mass is 338 g/mol. The Morgan fingerprint density at radius 3 is 2.39 bits per heavy atom. The standard InChI is InChI=1S/C16H19ClN2O4/c1-9(2)18-14(21)16(6-7-16)15(22)19-12-8-10(13(20)23-3)4-5-11(12)17/h4-5,8-9H,6-7H2,1-3H3,(H,18,21)(H,19,22). The maximum atomic E-state index is 12.5. The molecule has 0 bridgehead atoms. The maximum absolute atomic E-state index is 12.5. The largest absolute Gasteiger partial charge is 0.465 e. The van der Waals surface area contributed by atoms with Gasteiger partial charge in [0, 0.05) is 6.04 Å². The van der Waals surface area contributed by atoms with Gasteiger partial charge in [0.1, 0.15) is 5.41 Å². The molecule has 7 heteroatoms. The number of carbonyl (C=O) groups is 3. The lowest BCUT2D eigenvalue weighted by Crippen LogP contribution is -2.42. The molecule has 2 rings (SSSR count). The summed E-state index contributed by atoms with van der Waals surface area (Å²) in [7, 11) is 1.27. The molecule has 1 saturated carbocycles. The summed E-state index contributed by atoms with van der Waals surface area (Å²) in [5.74, 6) is -1.24. The number of methoxy groups -OCH3 is 1. The van der Waals surface area contributed by atoms with Gasteiger partial charge in [-0.2, -0.15) is 0 Å². The van der Waals surface area contributed by atoms with E-state index in [1.807, 2.05) is 13.8 Å². The summed E-state index contributed by atoms with van der Waals surface area (Å²) in [5, 5.41) is 5.69. The van der Waals surface area contributed by atoms with Gasteiger partial charge in [-0.15, -0.1) is 0 Å². The molecule has 1 aromatic rings. The van der Waals surface area contributed by atoms with Crippen LogP contribution in [0.1, 0.15) is 37.0 Å². The molecule has 1 aromatic carbocycles. The van der Waals surface area contributed by atoms with Gasteiger partial charge < -0.3 is 15.4 Å². The molecule has 1 fully saturated rings. The molecule has 0 saturated heterocycles. The Morgan fingerprint density at radius 2 is 1.87 bits per heavy atom. The summed E-state index contributed by atoms with van der Waals surface area (Å²) in [5.41, 5.74) is -0.499. The molecule has 0 heterocycles. The van der Waals surface area contributed by atoms with Crippen LogP contribution in [0, 0.1) is 5.41 Å². The number of rotatable bonds is 5. The van der Waals surface area contributed by atoms with Crippen LogP contribution in [0.25, 0.3) is 0 Å². The highest BCUT2D eigenvalue weighted by Gasteiger charge is 2.56. The van der Waals surface area contributed by atoms with Crippen LogP contribution in [0.4, 0.5) is 5.69 Å². The highest BCUT2D eigenvalue weighted by molar-refractivity contribution is 6.34. The average molecular weight is 339 g/mol. The summed E-state index contributed by atoms with van der Waals surface area (Å²) in [6.45, 7) is 3.67. The fourth-order valence-electron chi connectivity index (χ4n) is 2.19. The SMILES string of the molecule is COC(=O)c1ccc(Cl)c(NC(=O)C2(C(=O)NC(C)C)CC2)c1. The molecule has 0 aromatic heterocycles. The zero-order valence-electron chi connectivity index (χ0n) is 13.2. The normalized spacial score (nSPS) is 15.0. The lowest BCUT2D eigenvalue weighted by atomic mass is 10.0. The van der Waals surface area contributed by atoms with Gasteiger partial charge in [-0.3, -0.25) is 9.59 Å². The van der Waals surface area contributed by atoms with E-state index in [1.54, 1.807) is 0 Å². The second-order valence-electron chi connectivity index (χ2n) is 5.85. The number of nitrogens with one attached hydrogen (secondary N) is 2. The number of benzene rings is 1. The third-order valence-corrected chi connectivity index (χ3v) is 4.00. The third kappa shape index (κ3) is 3.64. The number of esters is 1. The fraction of sp³-hybridized carbons (Fsp3) is 0.438. The Balaban J connectivity index is 2.17. The first-order valence-corrected chi connectivity index (χ1v) is 7.68. The topological polar surface area (TPSA) is 84.5 Å². The predicted octanol–water partition coefficient (Wildman–Crippen LogP) is 2.37. The van der Waals surface area contributed by atoms with Crippen molar-refractivity contribution in [3.8, 4) is 0 Å². The molecule has 0 unspecified atom stereocenters. The van der Waals surface area contributed by atoms with Crippen molar-refractivity contribution >= 4 is 35.1 Å². The molecule has 0 spiro atoms. The first-order valence-electron chi connectivity index (χ1n) is 7.30. The minimum Gasteiger partial charge on any atom is -0.465 e. The quantitative estimate of drug-likeness (QED) is 0.637. The number of amides is 2. The molecule has 124 valence electrons. The number of hydrogen-bond acceptors (Lipinski definition) is 4. The van der Waals surface area contributed by atoms with Crippen molar-refractivity contribution < 1.29 is 19.1 Å². The van der Waals surface area contributed by atoms with Crippen LogP contribution in [0.15, 0.2) is 18.2 Å². The first-order chi connectivity index (χ1) is 10.8. The molecule has 2 amide bonds. The van der Waals surface area contributed by atoms with E-state index in [4.69, 9.17) is 11.6 Å². The lowest BCUT2D eigenvalue weighted by molar-refractivity contribution is -0.134. The Hall–Kier alpha value is -2.08. The highest BCUT2D eigenvalue weighted by atomic mass is 35.5. The van der Waals surface area contributed by atoms with Crippen molar-refractivity contribution in [3.05, 3.63) is 28.8 Å². The van der Waals surface area contributed by atoms with Crippen molar-refractivity contribution in [1.82, 2.24) is 5.32 Å². The van der Waals surface area contributed by atoms with Crippen LogP contribution in [-0.2, 0) is 14.3 Å². The van der Waals surface area contributed by atoms with Crippen molar-refractivity contribution in [2.75, 3.05) is 12.4 Å². The Bertz CT molecular complexity index is 653. The highest BCUT2D eigenvalue weighted by Crippen LogP contribution is 2.47. The van der Waals surface area contributed by atoms with E-state index >= 15 is 0 Å². The van der Waals surface area contributed by atoms with Gasteiger partial charge in [0.2, 0.25) is 11.8 Å². The predicted molar refractivity (Wildman–Crippen MR) is 86.4 cm³/mol. The summed E-state index contributed by atoms with van der Waals surface area (Å²) in [6.07, 6.45) is 0.984. The molecule has 0 radical (unpaired) electrons. The molecule has 0 atom stereocenters. The van der Waals surface area contributed by atoms with Gasteiger partial charge in [0.05, 0.1) is 23.4 Å². The number of carbonyl (C=O) groups excluding carboxylic acids is 3. The fourth-order valence-corrected chi connectivity index (χ4v) is 2.36. The van der Waals surface area contributed by atoms with Crippen LogP contribution in [0.2, 0.25) is 5.02 Å². The maximum Gasteiger partial charge on any atom is 0.337 e. The zero-order chi connectivity index (χ0) is 17.2. The smallest absolute Gasteiger partial charge is 0.337 e. The van der Waals surface area contributed by atoms with Crippen LogP contribution in [-0.4, -0.2) is 30.9 Å². The molecular weight excluding hydrogens is 320 g/mol. The Kier molecular flexibility index (Phi) is 4.94. The van der Waals surface area contributed by atoms with E-state index in [1.165, 1.54) is 25.3 Å². The minimum atomic E-state index is -1.05. The summed E-state index contributed by atoms with van der Waals surface area (Å²) in [4.78, 5) is 36.2. The van der Waals surface area contributed by atoms with Gasteiger partial charge in [-0.1, -0.05) is 11.6 Å². The Labute approximate surface area is 139 Å². The third-order valence-electron chi connectivity index (χ3n) is 3.67. The number of hydrogen-bond donors (Lipinski definition) is 2. The Morgan fingerprint density at radius 1 is 1.22 bits per heavy atom. The van der Waals surface area contributed by atoms with E-state index in [-0.39, 0.29) is 28.2 Å². The molecule has 23 heavy (non-hydrogen) atoms. The first kappa shape index (κ1) is 17.3. The summed E-state index contributed by atoms with van der Waals surface area (Å²) < 4.78 is 4.64. The molecular formula is C16H19ClN2O4.